The minimum atomic E-state index is -2.07. The van der Waals surface area contributed by atoms with Gasteiger partial charge in [-0.15, -0.1) is 0 Å². The van der Waals surface area contributed by atoms with Gasteiger partial charge in [-0.3, -0.25) is 9.59 Å². The van der Waals surface area contributed by atoms with Crippen molar-refractivity contribution in [3.8, 4) is 0 Å². The fraction of sp³-hybridized carbons (Fsp3) is 0.621. The van der Waals surface area contributed by atoms with E-state index in [9.17, 15) is 34.8 Å². The quantitative estimate of drug-likeness (QED) is 0.320. The Bertz CT molecular complexity index is 1240. The number of fused-ring (bicyclic) bond motifs is 5. The number of Topliss-reactive ketones (excluding diaryl/α,β-unsaturated/α-hetero) is 1. The third kappa shape index (κ3) is 3.62. The normalized spacial score (nSPS) is 42.7. The van der Waals surface area contributed by atoms with Gasteiger partial charge in [0.05, 0.1) is 35.7 Å². The third-order valence-electron chi connectivity index (χ3n) is 9.95. The van der Waals surface area contributed by atoms with Crippen LogP contribution in [0.4, 0.5) is 0 Å². The first-order valence-electron chi connectivity index (χ1n) is 13.2. The second-order valence-electron chi connectivity index (χ2n) is 12.2. The van der Waals surface area contributed by atoms with E-state index in [1.807, 2.05) is 0 Å². The molecule has 0 aromatic heterocycles. The van der Waals surface area contributed by atoms with Crippen molar-refractivity contribution < 1.29 is 49.0 Å². The number of aliphatic hydroxyl groups excluding tert-OH is 3. The van der Waals surface area contributed by atoms with Gasteiger partial charge in [0.2, 0.25) is 0 Å². The number of benzene rings is 1. The Morgan fingerprint density at radius 1 is 1.08 bits per heavy atom. The number of ether oxygens (including phenoxy) is 3. The number of aliphatic hydroxyl groups is 4. The standard InChI is InChI=1S/C29H36O10/c1-14-17(31)12-29(36)24(38-25(35)16-9-7-6-8-10-16)22-27(5,23(34)21(33)20(14)26(29,3)4)18(32)11-19-28(22,13-37-19)39-15(2)30/h6-10,17-19,21-22,24,31-33,36H,11-13H2,1-5H3/t17?,18-,19?,21+,22?,24?,27+,28-,29+/m0/s1. The van der Waals surface area contributed by atoms with Crippen molar-refractivity contribution in [3.05, 3.63) is 47.0 Å². The molecule has 4 aliphatic rings. The molecule has 10 heteroatoms. The first-order valence-corrected chi connectivity index (χ1v) is 13.2. The zero-order chi connectivity index (χ0) is 28.7. The highest BCUT2D eigenvalue weighted by atomic mass is 16.6. The van der Waals surface area contributed by atoms with Crippen LogP contribution in [0.25, 0.3) is 0 Å². The summed E-state index contributed by atoms with van der Waals surface area (Å²) in [6.45, 7) is 7.29. The summed E-state index contributed by atoms with van der Waals surface area (Å²) < 4.78 is 17.7. The SMILES string of the molecule is CC(=O)O[C@@]12COC1C[C@H](O)[C@@]1(C)C(=O)[C@H](O)C3=C(C)C(O)C[C@@](O)(C(OC(=O)c4ccccc4)C21)C3(C)C. The predicted octanol–water partition coefficient (Wildman–Crippen LogP) is 1.08. The smallest absolute Gasteiger partial charge is 0.338 e. The molecular formula is C29H36O10. The van der Waals surface area contributed by atoms with Gasteiger partial charge in [-0.25, -0.2) is 4.79 Å². The predicted molar refractivity (Wildman–Crippen MR) is 135 cm³/mol. The van der Waals surface area contributed by atoms with Crippen molar-refractivity contribution in [2.45, 2.75) is 89.2 Å². The maximum absolute atomic E-state index is 14.3. The molecule has 2 saturated carbocycles. The lowest BCUT2D eigenvalue weighted by atomic mass is 9.44. The van der Waals surface area contributed by atoms with E-state index in [0.717, 1.165) is 0 Å². The number of rotatable bonds is 3. The molecule has 10 nitrogen and oxygen atoms in total. The molecule has 1 aliphatic heterocycles. The van der Waals surface area contributed by atoms with Crippen LogP contribution < -0.4 is 0 Å². The van der Waals surface area contributed by atoms with E-state index in [-0.39, 0.29) is 30.6 Å². The summed E-state index contributed by atoms with van der Waals surface area (Å²) in [5.74, 6) is -3.60. The van der Waals surface area contributed by atoms with Gasteiger partial charge in [0, 0.05) is 25.2 Å². The Morgan fingerprint density at radius 2 is 1.72 bits per heavy atom. The molecule has 1 aromatic rings. The lowest BCUT2D eigenvalue weighted by Crippen LogP contribution is -2.81. The van der Waals surface area contributed by atoms with Crippen LogP contribution in [-0.4, -0.2) is 86.5 Å². The lowest BCUT2D eigenvalue weighted by molar-refractivity contribution is -0.345. The van der Waals surface area contributed by atoms with Crippen LogP contribution in [-0.2, 0) is 23.8 Å². The Morgan fingerprint density at radius 3 is 2.28 bits per heavy atom. The molecule has 1 heterocycles. The van der Waals surface area contributed by atoms with Gasteiger partial charge in [0.25, 0.3) is 0 Å². The van der Waals surface area contributed by atoms with E-state index in [1.165, 1.54) is 26.0 Å². The van der Waals surface area contributed by atoms with E-state index in [2.05, 4.69) is 0 Å². The number of hydrogen-bond donors (Lipinski definition) is 4. The largest absolute Gasteiger partial charge is 0.455 e. The fourth-order valence-electron chi connectivity index (χ4n) is 7.66. The van der Waals surface area contributed by atoms with Gasteiger partial charge >= 0.3 is 11.9 Å². The van der Waals surface area contributed by atoms with E-state index in [0.29, 0.717) is 5.57 Å². The highest BCUT2D eigenvalue weighted by Gasteiger charge is 2.77. The van der Waals surface area contributed by atoms with Crippen LogP contribution in [0.5, 0.6) is 0 Å². The molecule has 3 fully saturated rings. The highest BCUT2D eigenvalue weighted by Crippen LogP contribution is 2.63. The Kier molecular flexibility index (Phi) is 6.40. The summed E-state index contributed by atoms with van der Waals surface area (Å²) in [6, 6.07) is 8.08. The summed E-state index contributed by atoms with van der Waals surface area (Å²) in [7, 11) is 0. The molecule has 2 bridgehead atoms. The molecule has 39 heavy (non-hydrogen) atoms. The number of esters is 2. The summed E-state index contributed by atoms with van der Waals surface area (Å²) in [4.78, 5) is 40.3. The van der Waals surface area contributed by atoms with Gasteiger partial charge < -0.3 is 34.6 Å². The van der Waals surface area contributed by atoms with E-state index >= 15 is 0 Å². The Labute approximate surface area is 226 Å². The fourth-order valence-corrected chi connectivity index (χ4v) is 7.66. The molecule has 212 valence electrons. The number of carbonyl (C=O) groups excluding carboxylic acids is 3. The first-order chi connectivity index (χ1) is 18.1. The summed E-state index contributed by atoms with van der Waals surface area (Å²) >= 11 is 0. The molecule has 1 saturated heterocycles. The number of hydrogen-bond acceptors (Lipinski definition) is 10. The molecular weight excluding hydrogens is 508 g/mol. The molecule has 3 aliphatic carbocycles. The number of ketones is 1. The van der Waals surface area contributed by atoms with Crippen LogP contribution in [0.2, 0.25) is 0 Å². The molecule has 1 aromatic carbocycles. The summed E-state index contributed by atoms with van der Waals surface area (Å²) in [5, 5.41) is 46.7. The maximum atomic E-state index is 14.3. The molecule has 0 spiro atoms. The third-order valence-corrected chi connectivity index (χ3v) is 9.95. The molecule has 5 rings (SSSR count). The van der Waals surface area contributed by atoms with Crippen LogP contribution in [0.1, 0.15) is 57.8 Å². The van der Waals surface area contributed by atoms with Gasteiger partial charge in [-0.1, -0.05) is 32.0 Å². The van der Waals surface area contributed by atoms with Crippen molar-refractivity contribution in [1.82, 2.24) is 0 Å². The minimum Gasteiger partial charge on any atom is -0.455 e. The van der Waals surface area contributed by atoms with Crippen molar-refractivity contribution in [3.63, 3.8) is 0 Å². The van der Waals surface area contributed by atoms with E-state index < -0.39 is 76.2 Å². The van der Waals surface area contributed by atoms with Gasteiger partial charge in [-0.05, 0) is 37.1 Å². The van der Waals surface area contributed by atoms with Crippen molar-refractivity contribution >= 4 is 17.7 Å². The average molecular weight is 545 g/mol. The van der Waals surface area contributed by atoms with E-state index in [4.69, 9.17) is 14.2 Å². The molecule has 0 amide bonds. The topological polar surface area (TPSA) is 160 Å². The van der Waals surface area contributed by atoms with Crippen LogP contribution >= 0.6 is 0 Å². The lowest BCUT2D eigenvalue weighted by Gasteiger charge is -2.67. The van der Waals surface area contributed by atoms with Crippen LogP contribution in [0, 0.1) is 16.7 Å². The van der Waals surface area contributed by atoms with Gasteiger partial charge in [0.1, 0.15) is 23.9 Å². The number of carbonyl (C=O) groups is 3. The zero-order valence-corrected chi connectivity index (χ0v) is 22.7. The molecule has 4 N–H and O–H groups in total. The molecule has 9 atom stereocenters. The maximum Gasteiger partial charge on any atom is 0.338 e. The summed E-state index contributed by atoms with van der Waals surface area (Å²) in [5.41, 5.74) is -6.24. The van der Waals surface area contributed by atoms with Gasteiger partial charge in [0.15, 0.2) is 11.4 Å². The van der Waals surface area contributed by atoms with E-state index in [1.54, 1.807) is 39.0 Å². The second-order valence-corrected chi connectivity index (χ2v) is 12.2. The average Bonchev–Trinajstić information content (AvgIpc) is 2.87. The Balaban J connectivity index is 1.81. The van der Waals surface area contributed by atoms with Crippen molar-refractivity contribution in [1.29, 1.82) is 0 Å². The monoisotopic (exact) mass is 544 g/mol. The van der Waals surface area contributed by atoms with Crippen molar-refractivity contribution in [2.75, 3.05) is 6.61 Å². The zero-order valence-electron chi connectivity index (χ0n) is 22.7. The van der Waals surface area contributed by atoms with Crippen molar-refractivity contribution in [2.24, 2.45) is 16.7 Å². The highest BCUT2D eigenvalue weighted by molar-refractivity contribution is 5.94. The second kappa shape index (κ2) is 8.94. The molecule has 4 unspecified atom stereocenters. The first kappa shape index (κ1) is 27.9. The van der Waals surface area contributed by atoms with Crippen LogP contribution in [0.3, 0.4) is 0 Å². The Hall–Kier alpha value is -2.63. The van der Waals surface area contributed by atoms with Gasteiger partial charge in [-0.2, -0.15) is 0 Å². The molecule has 0 radical (unpaired) electrons. The summed E-state index contributed by atoms with van der Waals surface area (Å²) in [6.07, 6.45) is -7.26. The minimum absolute atomic E-state index is 0.0828. The van der Waals surface area contributed by atoms with Crippen LogP contribution in [0.15, 0.2) is 41.5 Å².